The van der Waals surface area contributed by atoms with Gasteiger partial charge < -0.3 is 4.74 Å². The van der Waals surface area contributed by atoms with Crippen molar-refractivity contribution >= 4 is 11.6 Å². The molecule has 0 N–H and O–H groups in total. The summed E-state index contributed by atoms with van der Waals surface area (Å²) in [7, 11) is 0. The van der Waals surface area contributed by atoms with E-state index < -0.39 is 0 Å². The van der Waals surface area contributed by atoms with E-state index in [1.54, 1.807) is 0 Å². The Morgan fingerprint density at radius 2 is 2.25 bits per heavy atom. The molecule has 12 heavy (non-hydrogen) atoms. The van der Waals surface area contributed by atoms with Gasteiger partial charge >= 0.3 is 0 Å². The van der Waals surface area contributed by atoms with Gasteiger partial charge in [0.15, 0.2) is 0 Å². The maximum atomic E-state index is 6.08. The molecule has 2 heteroatoms. The van der Waals surface area contributed by atoms with Gasteiger partial charge in [-0.25, -0.2) is 0 Å². The second-order valence-corrected chi connectivity index (χ2v) is 3.70. The van der Waals surface area contributed by atoms with Gasteiger partial charge in [-0.1, -0.05) is 30.7 Å². The summed E-state index contributed by atoms with van der Waals surface area (Å²) in [6, 6.07) is 4.15. The SMILES string of the molecule is Cc1ccc2c(c1Cl)OCC2C. The summed E-state index contributed by atoms with van der Waals surface area (Å²) in [6.07, 6.45) is 0. The number of ether oxygens (including phenoxy) is 1. The van der Waals surface area contributed by atoms with Crippen molar-refractivity contribution < 1.29 is 4.74 Å². The fraction of sp³-hybridized carbons (Fsp3) is 0.400. The van der Waals surface area contributed by atoms with Crippen LogP contribution in [0.5, 0.6) is 5.75 Å². The van der Waals surface area contributed by atoms with Gasteiger partial charge in [0.05, 0.1) is 11.6 Å². The van der Waals surface area contributed by atoms with Crippen molar-refractivity contribution in [3.8, 4) is 5.75 Å². The summed E-state index contributed by atoms with van der Waals surface area (Å²) in [5.74, 6) is 1.38. The minimum atomic E-state index is 0.484. The van der Waals surface area contributed by atoms with Gasteiger partial charge in [-0.2, -0.15) is 0 Å². The Morgan fingerprint density at radius 1 is 1.50 bits per heavy atom. The Bertz CT molecular complexity index is 320. The van der Waals surface area contributed by atoms with E-state index in [1.165, 1.54) is 5.56 Å². The number of hydrogen-bond acceptors (Lipinski definition) is 1. The highest BCUT2D eigenvalue weighted by molar-refractivity contribution is 6.33. The lowest BCUT2D eigenvalue weighted by atomic mass is 10.0. The van der Waals surface area contributed by atoms with Crippen LogP contribution in [0.1, 0.15) is 24.0 Å². The first-order chi connectivity index (χ1) is 5.70. The van der Waals surface area contributed by atoms with Crippen molar-refractivity contribution in [2.75, 3.05) is 6.61 Å². The first-order valence-electron chi connectivity index (χ1n) is 4.12. The summed E-state index contributed by atoms with van der Waals surface area (Å²) in [4.78, 5) is 0. The molecule has 0 saturated heterocycles. The lowest BCUT2D eigenvalue weighted by molar-refractivity contribution is 0.337. The molecule has 0 radical (unpaired) electrons. The third kappa shape index (κ3) is 1.00. The van der Waals surface area contributed by atoms with Gasteiger partial charge in [0.25, 0.3) is 0 Å². The summed E-state index contributed by atoms with van der Waals surface area (Å²) >= 11 is 6.08. The van der Waals surface area contributed by atoms with Gasteiger partial charge in [-0.05, 0) is 12.5 Å². The first-order valence-corrected chi connectivity index (χ1v) is 4.49. The quantitative estimate of drug-likeness (QED) is 0.599. The standard InChI is InChI=1S/C10H11ClO/c1-6-3-4-8-7(2)5-12-10(8)9(6)11/h3-4,7H,5H2,1-2H3. The van der Waals surface area contributed by atoms with E-state index in [9.17, 15) is 0 Å². The van der Waals surface area contributed by atoms with Gasteiger partial charge in [-0.3, -0.25) is 0 Å². The Hall–Kier alpha value is -0.690. The molecule has 2 rings (SSSR count). The van der Waals surface area contributed by atoms with Crippen LogP contribution < -0.4 is 4.74 Å². The zero-order valence-electron chi connectivity index (χ0n) is 7.23. The molecular formula is C10H11ClO. The zero-order valence-corrected chi connectivity index (χ0v) is 7.98. The van der Waals surface area contributed by atoms with Crippen LogP contribution in [0, 0.1) is 6.92 Å². The van der Waals surface area contributed by atoms with E-state index in [2.05, 4.69) is 13.0 Å². The molecule has 1 aromatic rings. The topological polar surface area (TPSA) is 9.23 Å². The predicted octanol–water partition coefficient (Wildman–Crippen LogP) is 3.14. The molecule has 1 aromatic carbocycles. The van der Waals surface area contributed by atoms with E-state index in [0.717, 1.165) is 22.9 Å². The van der Waals surface area contributed by atoms with E-state index in [-0.39, 0.29) is 0 Å². The van der Waals surface area contributed by atoms with Crippen LogP contribution in [0.4, 0.5) is 0 Å². The number of aryl methyl sites for hydroxylation is 1. The third-order valence-corrected chi connectivity index (χ3v) is 2.80. The average molecular weight is 183 g/mol. The molecule has 0 amide bonds. The first kappa shape index (κ1) is 7.93. The van der Waals surface area contributed by atoms with Crippen LogP contribution in [0.2, 0.25) is 5.02 Å². The van der Waals surface area contributed by atoms with Crippen LogP contribution in [-0.4, -0.2) is 6.61 Å². The largest absolute Gasteiger partial charge is 0.491 e. The molecular weight excluding hydrogens is 172 g/mol. The summed E-state index contributed by atoms with van der Waals surface area (Å²) < 4.78 is 5.49. The molecule has 1 atom stereocenters. The predicted molar refractivity (Wildman–Crippen MR) is 50.1 cm³/mol. The molecule has 1 nitrogen and oxygen atoms in total. The summed E-state index contributed by atoms with van der Waals surface area (Å²) in [6.45, 7) is 4.91. The number of benzene rings is 1. The molecule has 0 saturated carbocycles. The van der Waals surface area contributed by atoms with Gasteiger partial charge in [0, 0.05) is 11.5 Å². The molecule has 0 spiro atoms. The number of fused-ring (bicyclic) bond motifs is 1. The van der Waals surface area contributed by atoms with Crippen molar-refractivity contribution in [1.82, 2.24) is 0 Å². The molecule has 0 fully saturated rings. The van der Waals surface area contributed by atoms with E-state index in [1.807, 2.05) is 13.0 Å². The Morgan fingerprint density at radius 3 is 3.00 bits per heavy atom. The van der Waals surface area contributed by atoms with Gasteiger partial charge in [0.2, 0.25) is 0 Å². The zero-order chi connectivity index (χ0) is 8.72. The van der Waals surface area contributed by atoms with E-state index in [0.29, 0.717) is 5.92 Å². The Labute approximate surface area is 77.3 Å². The number of halogens is 1. The van der Waals surface area contributed by atoms with Crippen LogP contribution in [0.25, 0.3) is 0 Å². The second kappa shape index (κ2) is 2.67. The fourth-order valence-electron chi connectivity index (χ4n) is 1.50. The smallest absolute Gasteiger partial charge is 0.141 e. The van der Waals surface area contributed by atoms with Crippen molar-refractivity contribution in [1.29, 1.82) is 0 Å². The van der Waals surface area contributed by atoms with E-state index >= 15 is 0 Å². The molecule has 0 aliphatic carbocycles. The normalized spacial score (nSPS) is 20.4. The maximum Gasteiger partial charge on any atom is 0.141 e. The summed E-state index contributed by atoms with van der Waals surface area (Å²) in [5, 5.41) is 0.775. The molecule has 64 valence electrons. The molecule has 1 aliphatic heterocycles. The molecule has 1 unspecified atom stereocenters. The van der Waals surface area contributed by atoms with Crippen LogP contribution >= 0.6 is 11.6 Å². The van der Waals surface area contributed by atoms with Crippen LogP contribution in [0.3, 0.4) is 0 Å². The van der Waals surface area contributed by atoms with Crippen molar-refractivity contribution in [3.05, 3.63) is 28.3 Å². The monoisotopic (exact) mass is 182 g/mol. The summed E-state index contributed by atoms with van der Waals surface area (Å²) in [5.41, 5.74) is 2.33. The minimum Gasteiger partial charge on any atom is -0.491 e. The highest BCUT2D eigenvalue weighted by atomic mass is 35.5. The lowest BCUT2D eigenvalue weighted by Crippen LogP contribution is -1.93. The van der Waals surface area contributed by atoms with Crippen molar-refractivity contribution in [2.45, 2.75) is 19.8 Å². The van der Waals surface area contributed by atoms with Crippen molar-refractivity contribution in [3.63, 3.8) is 0 Å². The van der Waals surface area contributed by atoms with Crippen molar-refractivity contribution in [2.24, 2.45) is 0 Å². The van der Waals surface area contributed by atoms with Crippen LogP contribution in [0.15, 0.2) is 12.1 Å². The number of hydrogen-bond donors (Lipinski definition) is 0. The fourth-order valence-corrected chi connectivity index (χ4v) is 1.73. The Balaban J connectivity index is 2.60. The van der Waals surface area contributed by atoms with Crippen LogP contribution in [-0.2, 0) is 0 Å². The average Bonchev–Trinajstić information content (AvgIpc) is 2.41. The Kier molecular flexibility index (Phi) is 1.76. The second-order valence-electron chi connectivity index (χ2n) is 3.33. The molecule has 1 aliphatic rings. The van der Waals surface area contributed by atoms with Gasteiger partial charge in [-0.15, -0.1) is 0 Å². The minimum absolute atomic E-state index is 0.484. The maximum absolute atomic E-state index is 6.08. The lowest BCUT2D eigenvalue weighted by Gasteiger charge is -2.04. The number of rotatable bonds is 0. The van der Waals surface area contributed by atoms with E-state index in [4.69, 9.17) is 16.3 Å². The van der Waals surface area contributed by atoms with Gasteiger partial charge in [0.1, 0.15) is 5.75 Å². The third-order valence-electron chi connectivity index (χ3n) is 2.33. The molecule has 0 bridgehead atoms. The molecule has 0 aromatic heterocycles. The molecule has 1 heterocycles. The highest BCUT2D eigenvalue weighted by Crippen LogP contribution is 2.40. The highest BCUT2D eigenvalue weighted by Gasteiger charge is 2.22.